The van der Waals surface area contributed by atoms with Crippen molar-refractivity contribution >= 4 is 16.9 Å². The molecule has 0 amide bonds. The van der Waals surface area contributed by atoms with E-state index in [1.54, 1.807) is 0 Å². The molecule has 0 saturated heterocycles. The van der Waals surface area contributed by atoms with Crippen molar-refractivity contribution in [3.8, 4) is 0 Å². The number of nitrogens with two attached hydrogens (primary N) is 2. The summed E-state index contributed by atoms with van der Waals surface area (Å²) in [6.07, 6.45) is 1.97. The summed E-state index contributed by atoms with van der Waals surface area (Å²) in [6, 6.07) is 2.99. The van der Waals surface area contributed by atoms with E-state index in [1.807, 2.05) is 6.92 Å². The van der Waals surface area contributed by atoms with Gasteiger partial charge in [-0.1, -0.05) is 0 Å². The lowest BCUT2D eigenvalue weighted by molar-refractivity contribution is 0.0631. The van der Waals surface area contributed by atoms with Gasteiger partial charge in [0.1, 0.15) is 0 Å². The summed E-state index contributed by atoms with van der Waals surface area (Å²) >= 11 is 0. The molecule has 4 N–H and O–H groups in total. The highest BCUT2D eigenvalue weighted by Crippen LogP contribution is 2.33. The summed E-state index contributed by atoms with van der Waals surface area (Å²) in [5.41, 5.74) is 11.1. The van der Waals surface area contributed by atoms with Crippen molar-refractivity contribution in [3.05, 3.63) is 0 Å². The highest BCUT2D eigenvalue weighted by molar-refractivity contribution is 6.73. The van der Waals surface area contributed by atoms with Crippen LogP contribution in [0.2, 0.25) is 31.2 Å². The molecule has 0 aromatic carbocycles. The van der Waals surface area contributed by atoms with Gasteiger partial charge in [-0.15, -0.1) is 0 Å². The third-order valence-electron chi connectivity index (χ3n) is 3.98. The average molecular weight is 365 g/mol. The van der Waals surface area contributed by atoms with E-state index < -0.39 is 16.9 Å². The van der Waals surface area contributed by atoms with E-state index in [0.717, 1.165) is 44.1 Å². The SMILES string of the molecule is CCO[Si](C)(CCCN)CC(C)(C)O[Si](C)(CCCN)OCC. The lowest BCUT2D eigenvalue weighted by Crippen LogP contribution is -2.50. The van der Waals surface area contributed by atoms with Crippen LogP contribution in [-0.2, 0) is 13.3 Å². The molecule has 0 spiro atoms. The molecule has 5 nitrogen and oxygen atoms in total. The Labute approximate surface area is 145 Å². The first-order valence-corrected chi connectivity index (χ1v) is 14.4. The predicted molar refractivity (Wildman–Crippen MR) is 103 cm³/mol. The summed E-state index contributed by atoms with van der Waals surface area (Å²) in [6.45, 7) is 15.8. The first-order valence-electron chi connectivity index (χ1n) is 9.04. The summed E-state index contributed by atoms with van der Waals surface area (Å²) in [4.78, 5) is 0. The van der Waals surface area contributed by atoms with Gasteiger partial charge in [-0.2, -0.15) is 0 Å². The summed E-state index contributed by atoms with van der Waals surface area (Å²) in [5.74, 6) is 0. The molecule has 23 heavy (non-hydrogen) atoms. The first-order chi connectivity index (χ1) is 10.7. The standard InChI is InChI=1S/C16H40N2O3Si2/c1-7-19-22(5,13-9-11-17)15-16(3,4)21-23(6,20-8-2)14-10-12-18/h7-15,17-18H2,1-6H3. The minimum absolute atomic E-state index is 0.241. The maximum atomic E-state index is 6.57. The Morgan fingerprint density at radius 2 is 1.39 bits per heavy atom. The van der Waals surface area contributed by atoms with E-state index in [4.69, 9.17) is 24.7 Å². The normalized spacial score (nSPS) is 17.7. The second-order valence-electron chi connectivity index (χ2n) is 7.27. The Bertz CT molecular complexity index is 294. The topological polar surface area (TPSA) is 79.7 Å². The van der Waals surface area contributed by atoms with E-state index in [-0.39, 0.29) is 5.60 Å². The minimum atomic E-state index is -2.20. The van der Waals surface area contributed by atoms with Crippen molar-refractivity contribution < 1.29 is 13.3 Å². The second kappa shape index (κ2) is 11.0. The van der Waals surface area contributed by atoms with Gasteiger partial charge in [0, 0.05) is 13.2 Å². The molecular weight excluding hydrogens is 324 g/mol. The molecule has 0 aromatic rings. The molecule has 140 valence electrons. The van der Waals surface area contributed by atoms with Gasteiger partial charge in [0.05, 0.1) is 5.60 Å². The van der Waals surface area contributed by atoms with Gasteiger partial charge in [0.25, 0.3) is 0 Å². The molecule has 0 bridgehead atoms. The van der Waals surface area contributed by atoms with Gasteiger partial charge in [-0.05, 0) is 84.9 Å². The Balaban J connectivity index is 4.96. The lowest BCUT2D eigenvalue weighted by Gasteiger charge is -2.41. The van der Waals surface area contributed by atoms with E-state index >= 15 is 0 Å². The minimum Gasteiger partial charge on any atom is -0.417 e. The van der Waals surface area contributed by atoms with Crippen molar-refractivity contribution in [3.63, 3.8) is 0 Å². The quantitative estimate of drug-likeness (QED) is 0.463. The smallest absolute Gasteiger partial charge is 0.335 e. The van der Waals surface area contributed by atoms with Crippen LogP contribution in [0.25, 0.3) is 0 Å². The van der Waals surface area contributed by atoms with Crippen molar-refractivity contribution in [2.45, 2.75) is 77.4 Å². The molecule has 0 rings (SSSR count). The third-order valence-corrected chi connectivity index (χ3v) is 11.1. The van der Waals surface area contributed by atoms with Crippen LogP contribution in [0.15, 0.2) is 0 Å². The molecule has 0 heterocycles. The Kier molecular flexibility index (Phi) is 11.1. The molecule has 7 heteroatoms. The average Bonchev–Trinajstić information content (AvgIpc) is 2.42. The lowest BCUT2D eigenvalue weighted by atomic mass is 10.2. The van der Waals surface area contributed by atoms with Crippen LogP contribution in [0.4, 0.5) is 0 Å². The molecule has 0 radical (unpaired) electrons. The van der Waals surface area contributed by atoms with Crippen LogP contribution in [-0.4, -0.2) is 48.8 Å². The van der Waals surface area contributed by atoms with Gasteiger partial charge in [-0.3, -0.25) is 0 Å². The van der Waals surface area contributed by atoms with E-state index in [9.17, 15) is 0 Å². The molecule has 2 unspecified atom stereocenters. The number of hydrogen-bond donors (Lipinski definition) is 2. The molecule has 2 atom stereocenters. The Morgan fingerprint density at radius 3 is 1.87 bits per heavy atom. The van der Waals surface area contributed by atoms with Gasteiger partial charge < -0.3 is 24.7 Å². The second-order valence-corrected chi connectivity index (χ2v) is 14.6. The predicted octanol–water partition coefficient (Wildman–Crippen LogP) is 3.20. The van der Waals surface area contributed by atoms with Crippen LogP contribution >= 0.6 is 0 Å². The van der Waals surface area contributed by atoms with Crippen LogP contribution in [0.5, 0.6) is 0 Å². The van der Waals surface area contributed by atoms with Gasteiger partial charge in [0.15, 0.2) is 8.32 Å². The zero-order valence-corrected chi connectivity index (χ0v) is 18.2. The Morgan fingerprint density at radius 1 is 0.870 bits per heavy atom. The van der Waals surface area contributed by atoms with E-state index in [1.165, 1.54) is 0 Å². The highest BCUT2D eigenvalue weighted by Gasteiger charge is 2.42. The fourth-order valence-corrected chi connectivity index (χ4v) is 10.5. The number of hydrogen-bond acceptors (Lipinski definition) is 5. The molecule has 0 saturated carbocycles. The van der Waals surface area contributed by atoms with Gasteiger partial charge in [-0.25, -0.2) is 0 Å². The third kappa shape index (κ3) is 9.96. The van der Waals surface area contributed by atoms with Gasteiger partial charge in [0.2, 0.25) is 0 Å². The van der Waals surface area contributed by atoms with Crippen LogP contribution in [0, 0.1) is 0 Å². The zero-order valence-electron chi connectivity index (χ0n) is 16.2. The fraction of sp³-hybridized carbons (Fsp3) is 1.00. The summed E-state index contributed by atoms with van der Waals surface area (Å²) in [5, 5.41) is 0. The Hall–Kier alpha value is 0.234. The number of rotatable bonds is 14. The van der Waals surface area contributed by atoms with E-state index in [0.29, 0.717) is 13.2 Å². The maximum Gasteiger partial charge on any atom is 0.335 e. The maximum absolute atomic E-state index is 6.57. The van der Waals surface area contributed by atoms with Crippen molar-refractivity contribution in [2.75, 3.05) is 26.3 Å². The zero-order chi connectivity index (χ0) is 18.0. The monoisotopic (exact) mass is 364 g/mol. The molecule has 0 aliphatic rings. The molecular formula is C16H40N2O3Si2. The van der Waals surface area contributed by atoms with Gasteiger partial charge >= 0.3 is 8.56 Å². The van der Waals surface area contributed by atoms with Crippen molar-refractivity contribution in [1.29, 1.82) is 0 Å². The molecule has 0 fully saturated rings. The van der Waals surface area contributed by atoms with Crippen LogP contribution in [0.3, 0.4) is 0 Å². The first kappa shape index (κ1) is 23.2. The van der Waals surface area contributed by atoms with Crippen LogP contribution < -0.4 is 11.5 Å². The molecule has 0 aromatic heterocycles. The fourth-order valence-electron chi connectivity index (χ4n) is 3.44. The van der Waals surface area contributed by atoms with E-state index in [2.05, 4.69) is 33.9 Å². The highest BCUT2D eigenvalue weighted by atomic mass is 28.4. The molecule has 0 aliphatic carbocycles. The van der Waals surface area contributed by atoms with Crippen LogP contribution in [0.1, 0.15) is 40.5 Å². The summed E-state index contributed by atoms with van der Waals surface area (Å²) < 4.78 is 18.8. The van der Waals surface area contributed by atoms with Crippen molar-refractivity contribution in [1.82, 2.24) is 0 Å². The largest absolute Gasteiger partial charge is 0.417 e. The summed E-state index contributed by atoms with van der Waals surface area (Å²) in [7, 11) is -4.02. The molecule has 0 aliphatic heterocycles. The van der Waals surface area contributed by atoms with Crippen molar-refractivity contribution in [2.24, 2.45) is 11.5 Å².